The van der Waals surface area contributed by atoms with Crippen LogP contribution in [0, 0.1) is 0 Å². The quantitative estimate of drug-likeness (QED) is 0.0261. The Balaban J connectivity index is 4.45. The summed E-state index contributed by atoms with van der Waals surface area (Å²) in [4.78, 5) is 38.4. The van der Waals surface area contributed by atoms with E-state index in [1.807, 2.05) is 0 Å². The van der Waals surface area contributed by atoms with Crippen molar-refractivity contribution in [2.24, 2.45) is 0 Å². The van der Waals surface area contributed by atoms with Crippen LogP contribution >= 0.6 is 0 Å². The molecular weight excluding hydrogens is 949 g/mol. The van der Waals surface area contributed by atoms with Crippen molar-refractivity contribution >= 4 is 17.9 Å². The number of ether oxygens (including phenoxy) is 3. The molecule has 0 bridgehead atoms. The maximum atomic E-state index is 12.9. The Hall–Kier alpha value is -3.93. The van der Waals surface area contributed by atoms with Gasteiger partial charge in [-0.15, -0.1) is 0 Å². The highest BCUT2D eigenvalue weighted by Crippen LogP contribution is 2.17. The molecule has 0 aliphatic rings. The molecular formula is C71H120O6. The first kappa shape index (κ1) is 73.1. The molecule has 1 unspecified atom stereocenters. The zero-order valence-corrected chi connectivity index (χ0v) is 50.4. The van der Waals surface area contributed by atoms with E-state index in [1.165, 1.54) is 141 Å². The molecule has 77 heavy (non-hydrogen) atoms. The normalized spacial score (nSPS) is 12.8. The SMILES string of the molecule is CC/C=C\C/C=C\C/C=C\C/C=C\C/C=C\C/C=C\CCCCC(=O)OCC(COC(=O)CCCCCCCCC/C=C\C/C=C\C/C=C\CC)OC(=O)CCCCCCCCCCCCCCCCCCCCCCC. The number of carbonyl (C=O) groups is 3. The second-order valence-electron chi connectivity index (χ2n) is 21.3. The topological polar surface area (TPSA) is 78.9 Å². The lowest BCUT2D eigenvalue weighted by Gasteiger charge is -2.18. The van der Waals surface area contributed by atoms with Gasteiger partial charge < -0.3 is 14.2 Å². The lowest BCUT2D eigenvalue weighted by Crippen LogP contribution is -2.30. The van der Waals surface area contributed by atoms with Gasteiger partial charge in [-0.05, 0) is 103 Å². The average molecular weight is 1070 g/mol. The molecule has 0 N–H and O–H groups in total. The van der Waals surface area contributed by atoms with Crippen molar-refractivity contribution in [2.75, 3.05) is 13.2 Å². The molecule has 0 aliphatic heterocycles. The first-order valence-corrected chi connectivity index (χ1v) is 32.4. The van der Waals surface area contributed by atoms with Crippen LogP contribution in [0.4, 0.5) is 0 Å². The minimum atomic E-state index is -0.802. The summed E-state index contributed by atoms with van der Waals surface area (Å²) in [7, 11) is 0. The van der Waals surface area contributed by atoms with Gasteiger partial charge in [0.05, 0.1) is 0 Å². The number of hydrogen-bond donors (Lipinski definition) is 0. The van der Waals surface area contributed by atoms with Crippen molar-refractivity contribution in [2.45, 2.75) is 309 Å². The van der Waals surface area contributed by atoms with E-state index in [1.54, 1.807) is 0 Å². The van der Waals surface area contributed by atoms with Crippen molar-refractivity contribution in [3.8, 4) is 0 Å². The van der Waals surface area contributed by atoms with E-state index in [0.717, 1.165) is 122 Å². The molecule has 0 radical (unpaired) electrons. The summed E-state index contributed by atoms with van der Waals surface area (Å²) >= 11 is 0. The predicted octanol–water partition coefficient (Wildman–Crippen LogP) is 22.2. The van der Waals surface area contributed by atoms with E-state index >= 15 is 0 Å². The van der Waals surface area contributed by atoms with Crippen LogP contribution in [0.3, 0.4) is 0 Å². The summed E-state index contributed by atoms with van der Waals surface area (Å²) in [6.07, 6.45) is 88.1. The van der Waals surface area contributed by atoms with Gasteiger partial charge in [-0.3, -0.25) is 14.4 Å². The molecule has 0 aromatic rings. The van der Waals surface area contributed by atoms with E-state index in [0.29, 0.717) is 19.3 Å². The lowest BCUT2D eigenvalue weighted by atomic mass is 10.0. The molecule has 440 valence electrons. The molecule has 1 atom stereocenters. The van der Waals surface area contributed by atoms with Crippen molar-refractivity contribution in [3.05, 3.63) is 109 Å². The second kappa shape index (κ2) is 64.6. The Labute approximate surface area is 476 Å². The van der Waals surface area contributed by atoms with Crippen molar-refractivity contribution < 1.29 is 28.6 Å². The third-order valence-electron chi connectivity index (χ3n) is 13.8. The van der Waals surface area contributed by atoms with Crippen molar-refractivity contribution in [1.82, 2.24) is 0 Å². The van der Waals surface area contributed by atoms with Gasteiger partial charge in [0, 0.05) is 19.3 Å². The van der Waals surface area contributed by atoms with Crippen LogP contribution in [0.15, 0.2) is 109 Å². The summed E-state index contributed by atoms with van der Waals surface area (Å²) in [5.74, 6) is -0.939. The lowest BCUT2D eigenvalue weighted by molar-refractivity contribution is -0.167. The van der Waals surface area contributed by atoms with E-state index in [9.17, 15) is 14.4 Å². The van der Waals surface area contributed by atoms with Gasteiger partial charge in [-0.1, -0.05) is 291 Å². The fraction of sp³-hybridized carbons (Fsp3) is 0.704. The van der Waals surface area contributed by atoms with E-state index in [2.05, 4.69) is 130 Å². The van der Waals surface area contributed by atoms with Crippen LogP contribution < -0.4 is 0 Å². The van der Waals surface area contributed by atoms with Crippen molar-refractivity contribution in [3.63, 3.8) is 0 Å². The minimum absolute atomic E-state index is 0.0963. The summed E-state index contributed by atoms with van der Waals surface area (Å²) in [6, 6.07) is 0. The molecule has 6 heteroatoms. The van der Waals surface area contributed by atoms with Crippen LogP contribution in [-0.4, -0.2) is 37.2 Å². The maximum Gasteiger partial charge on any atom is 0.306 e. The molecule has 0 aromatic carbocycles. The summed E-state index contributed by atoms with van der Waals surface area (Å²) < 4.78 is 16.9. The van der Waals surface area contributed by atoms with E-state index in [-0.39, 0.29) is 31.1 Å². The number of allylic oxidation sites excluding steroid dienone is 18. The summed E-state index contributed by atoms with van der Waals surface area (Å²) in [5.41, 5.74) is 0. The van der Waals surface area contributed by atoms with Gasteiger partial charge >= 0.3 is 17.9 Å². The zero-order valence-electron chi connectivity index (χ0n) is 50.4. The van der Waals surface area contributed by atoms with Gasteiger partial charge in [-0.25, -0.2) is 0 Å². The van der Waals surface area contributed by atoms with Gasteiger partial charge in [0.1, 0.15) is 13.2 Å². The molecule has 0 amide bonds. The zero-order chi connectivity index (χ0) is 55.7. The van der Waals surface area contributed by atoms with E-state index in [4.69, 9.17) is 14.2 Å². The molecule has 0 saturated heterocycles. The fourth-order valence-electron chi connectivity index (χ4n) is 8.99. The predicted molar refractivity (Wildman–Crippen MR) is 334 cm³/mol. The van der Waals surface area contributed by atoms with Crippen LogP contribution in [0.2, 0.25) is 0 Å². The monoisotopic (exact) mass is 1070 g/mol. The van der Waals surface area contributed by atoms with Crippen molar-refractivity contribution in [1.29, 1.82) is 0 Å². The Kier molecular flexibility index (Phi) is 61.3. The van der Waals surface area contributed by atoms with Crippen LogP contribution in [0.1, 0.15) is 303 Å². The first-order valence-electron chi connectivity index (χ1n) is 32.4. The van der Waals surface area contributed by atoms with E-state index < -0.39 is 6.10 Å². The highest BCUT2D eigenvalue weighted by atomic mass is 16.6. The first-order chi connectivity index (χ1) is 38.0. The van der Waals surface area contributed by atoms with Gasteiger partial charge in [0.25, 0.3) is 0 Å². The number of hydrogen-bond acceptors (Lipinski definition) is 6. The number of rotatable bonds is 58. The average Bonchev–Trinajstić information content (AvgIpc) is 3.43. The largest absolute Gasteiger partial charge is 0.462 e. The van der Waals surface area contributed by atoms with Gasteiger partial charge in [-0.2, -0.15) is 0 Å². The Morgan fingerprint density at radius 1 is 0.273 bits per heavy atom. The van der Waals surface area contributed by atoms with Gasteiger partial charge in [0.2, 0.25) is 0 Å². The third-order valence-corrected chi connectivity index (χ3v) is 13.8. The molecule has 6 nitrogen and oxygen atoms in total. The van der Waals surface area contributed by atoms with Crippen LogP contribution in [-0.2, 0) is 28.6 Å². The van der Waals surface area contributed by atoms with Crippen LogP contribution in [0.5, 0.6) is 0 Å². The summed E-state index contributed by atoms with van der Waals surface area (Å²) in [5, 5.41) is 0. The maximum absolute atomic E-state index is 12.9. The molecule has 0 saturated carbocycles. The Bertz CT molecular complexity index is 1560. The Morgan fingerprint density at radius 2 is 0.506 bits per heavy atom. The third kappa shape index (κ3) is 62.8. The highest BCUT2D eigenvalue weighted by molar-refractivity contribution is 5.71. The smallest absolute Gasteiger partial charge is 0.306 e. The molecule has 0 aliphatic carbocycles. The number of unbranched alkanes of at least 4 members (excludes halogenated alkanes) is 29. The number of esters is 3. The minimum Gasteiger partial charge on any atom is -0.462 e. The molecule has 0 fully saturated rings. The fourth-order valence-corrected chi connectivity index (χ4v) is 8.99. The van der Waals surface area contributed by atoms with Crippen LogP contribution in [0.25, 0.3) is 0 Å². The van der Waals surface area contributed by atoms with Gasteiger partial charge in [0.15, 0.2) is 6.10 Å². The second-order valence-corrected chi connectivity index (χ2v) is 21.3. The number of carbonyl (C=O) groups excluding carboxylic acids is 3. The highest BCUT2D eigenvalue weighted by Gasteiger charge is 2.19. The Morgan fingerprint density at radius 3 is 0.818 bits per heavy atom. The molecule has 0 rings (SSSR count). The molecule has 0 heterocycles. The standard InChI is InChI=1S/C71H120O6/c1-4-7-10-13-16-19-22-25-28-31-33-35-37-40-43-46-49-52-55-58-61-64-70(73)76-67-68(66-75-69(72)63-60-57-54-51-48-45-42-39-30-27-24-21-18-15-12-9-6-3)77-71(74)65-62-59-56-53-50-47-44-41-38-36-34-32-29-26-23-20-17-14-11-8-5-2/h7,9-10,12,16,18-19,21,25,27-28,30,33,35,40,43,49,52,68H,4-6,8,11,13-15,17,20,22-24,26,29,31-32,34,36-39,41-42,44-48,50-51,53-67H2,1-3H3/b10-7-,12-9-,19-16-,21-18-,28-25-,30-27-,35-33-,43-40-,52-49-. The summed E-state index contributed by atoms with van der Waals surface area (Å²) in [6.45, 7) is 6.40. The molecule has 0 aromatic heterocycles. The molecule has 0 spiro atoms.